The lowest BCUT2D eigenvalue weighted by molar-refractivity contribution is -0.115. The molecule has 2 aromatic heterocycles. The molecule has 6 nitrogen and oxygen atoms in total. The van der Waals surface area contributed by atoms with Crippen LogP contribution >= 0.6 is 35.4 Å². The van der Waals surface area contributed by atoms with Gasteiger partial charge in [0.1, 0.15) is 17.0 Å². The molecule has 2 N–H and O–H groups in total. The summed E-state index contributed by atoms with van der Waals surface area (Å²) in [6.07, 6.45) is 2.87. The predicted octanol–water partition coefficient (Wildman–Crippen LogP) is 7.90. The second-order valence-electron chi connectivity index (χ2n) is 8.10. The number of furan rings is 1. The number of oxazole rings is 1. The molecule has 0 radical (unpaired) electrons. The van der Waals surface area contributed by atoms with Crippen LogP contribution in [0.15, 0.2) is 87.7 Å². The van der Waals surface area contributed by atoms with Crippen LogP contribution in [-0.2, 0) is 4.79 Å². The zero-order chi connectivity index (χ0) is 25.9. The number of carbonyl (C=O) groups excluding carboxylic acids is 1. The number of nitrogens with one attached hydrogen (secondary N) is 2. The molecule has 184 valence electrons. The summed E-state index contributed by atoms with van der Waals surface area (Å²) >= 11 is 17.7. The number of anilines is 1. The second kappa shape index (κ2) is 10.6. The highest BCUT2D eigenvalue weighted by molar-refractivity contribution is 7.80. The van der Waals surface area contributed by atoms with Gasteiger partial charge in [-0.05, 0) is 79.3 Å². The van der Waals surface area contributed by atoms with Crippen LogP contribution in [0.5, 0.6) is 0 Å². The number of aromatic nitrogens is 1. The van der Waals surface area contributed by atoms with Gasteiger partial charge in [-0.25, -0.2) is 4.98 Å². The van der Waals surface area contributed by atoms with Crippen molar-refractivity contribution in [3.63, 3.8) is 0 Å². The molecule has 0 atom stereocenters. The van der Waals surface area contributed by atoms with Crippen LogP contribution in [-0.4, -0.2) is 16.0 Å². The first-order chi connectivity index (χ1) is 17.9. The highest BCUT2D eigenvalue weighted by atomic mass is 35.5. The maximum atomic E-state index is 12.4. The van der Waals surface area contributed by atoms with Crippen molar-refractivity contribution in [2.75, 3.05) is 5.32 Å². The van der Waals surface area contributed by atoms with Crippen molar-refractivity contribution < 1.29 is 13.6 Å². The number of aryl methyl sites for hydroxylation is 1. The van der Waals surface area contributed by atoms with E-state index in [0.717, 1.165) is 22.3 Å². The first-order valence-corrected chi connectivity index (χ1v) is 12.3. The number of carbonyl (C=O) groups is 1. The largest absolute Gasteiger partial charge is 0.457 e. The quantitative estimate of drug-likeness (QED) is 0.172. The van der Waals surface area contributed by atoms with Crippen LogP contribution in [0.1, 0.15) is 11.3 Å². The van der Waals surface area contributed by atoms with Crippen molar-refractivity contribution in [1.29, 1.82) is 0 Å². The number of benzene rings is 3. The first kappa shape index (κ1) is 24.8. The van der Waals surface area contributed by atoms with Gasteiger partial charge in [0.15, 0.2) is 10.7 Å². The van der Waals surface area contributed by atoms with Gasteiger partial charge >= 0.3 is 0 Å². The average Bonchev–Trinajstić information content (AvgIpc) is 3.53. The summed E-state index contributed by atoms with van der Waals surface area (Å²) in [5, 5.41) is 6.69. The Labute approximate surface area is 227 Å². The maximum absolute atomic E-state index is 12.4. The molecule has 1 amide bonds. The highest BCUT2D eigenvalue weighted by Crippen LogP contribution is 2.34. The number of rotatable bonds is 5. The van der Waals surface area contributed by atoms with Gasteiger partial charge in [-0.15, -0.1) is 0 Å². The molecule has 0 aliphatic rings. The van der Waals surface area contributed by atoms with E-state index >= 15 is 0 Å². The minimum absolute atomic E-state index is 0.151. The third-order valence-electron chi connectivity index (χ3n) is 5.51. The van der Waals surface area contributed by atoms with Crippen molar-refractivity contribution in [3.05, 3.63) is 100 Å². The smallest absolute Gasteiger partial charge is 0.250 e. The van der Waals surface area contributed by atoms with Crippen molar-refractivity contribution in [3.8, 4) is 22.8 Å². The lowest BCUT2D eigenvalue weighted by Gasteiger charge is -2.11. The molecular weight excluding hydrogens is 529 g/mol. The van der Waals surface area contributed by atoms with E-state index in [1.54, 1.807) is 36.4 Å². The van der Waals surface area contributed by atoms with Crippen molar-refractivity contribution in [2.45, 2.75) is 6.92 Å². The van der Waals surface area contributed by atoms with Crippen LogP contribution in [0.3, 0.4) is 0 Å². The number of hydrogen-bond donors (Lipinski definition) is 2. The van der Waals surface area contributed by atoms with Crippen molar-refractivity contribution in [1.82, 2.24) is 10.3 Å². The molecule has 0 saturated heterocycles. The van der Waals surface area contributed by atoms with E-state index in [1.165, 1.54) is 6.08 Å². The molecule has 0 saturated carbocycles. The van der Waals surface area contributed by atoms with E-state index in [1.807, 2.05) is 49.4 Å². The van der Waals surface area contributed by atoms with Gasteiger partial charge in [0.25, 0.3) is 0 Å². The molecule has 0 bridgehead atoms. The van der Waals surface area contributed by atoms with E-state index < -0.39 is 5.91 Å². The summed E-state index contributed by atoms with van der Waals surface area (Å²) in [6, 6.07) is 22.1. The maximum Gasteiger partial charge on any atom is 0.250 e. The van der Waals surface area contributed by atoms with Crippen LogP contribution in [0.25, 0.3) is 40.0 Å². The number of halogens is 2. The van der Waals surface area contributed by atoms with Gasteiger partial charge in [-0.1, -0.05) is 47.5 Å². The fourth-order valence-corrected chi connectivity index (χ4v) is 4.24. The number of thiocarbonyl (C=S) groups is 1. The van der Waals surface area contributed by atoms with Gasteiger partial charge in [0.05, 0.1) is 10.0 Å². The Balaban J connectivity index is 1.24. The zero-order valence-electron chi connectivity index (χ0n) is 19.4. The van der Waals surface area contributed by atoms with E-state index in [-0.39, 0.29) is 5.11 Å². The van der Waals surface area contributed by atoms with Crippen LogP contribution in [0.2, 0.25) is 10.0 Å². The SMILES string of the molecule is Cc1ccc(-c2nc3ccccc3o2)cc1NC(=S)NC(=O)C=Cc1ccc(-c2cccc(Cl)c2Cl)o1. The summed E-state index contributed by atoms with van der Waals surface area (Å²) < 4.78 is 11.6. The minimum atomic E-state index is -0.413. The molecule has 2 heterocycles. The Morgan fingerprint density at radius 3 is 2.68 bits per heavy atom. The van der Waals surface area contributed by atoms with Gasteiger partial charge in [0.2, 0.25) is 11.8 Å². The average molecular weight is 548 g/mol. The van der Waals surface area contributed by atoms with E-state index in [0.29, 0.717) is 38.6 Å². The molecule has 0 fully saturated rings. The molecule has 9 heteroatoms. The zero-order valence-corrected chi connectivity index (χ0v) is 21.7. The number of nitrogens with zero attached hydrogens (tertiary/aromatic N) is 1. The van der Waals surface area contributed by atoms with Gasteiger partial charge < -0.3 is 14.2 Å². The minimum Gasteiger partial charge on any atom is -0.457 e. The molecule has 5 rings (SSSR count). The van der Waals surface area contributed by atoms with E-state index in [9.17, 15) is 4.79 Å². The van der Waals surface area contributed by atoms with Gasteiger partial charge in [0, 0.05) is 22.9 Å². The van der Waals surface area contributed by atoms with Crippen molar-refractivity contribution >= 4 is 69.3 Å². The van der Waals surface area contributed by atoms with Crippen LogP contribution in [0.4, 0.5) is 5.69 Å². The van der Waals surface area contributed by atoms with Crippen LogP contribution < -0.4 is 10.6 Å². The second-order valence-corrected chi connectivity index (χ2v) is 9.29. The van der Waals surface area contributed by atoms with Gasteiger partial charge in [-0.3, -0.25) is 10.1 Å². The third kappa shape index (κ3) is 5.59. The topological polar surface area (TPSA) is 80.3 Å². The van der Waals surface area contributed by atoms with Crippen LogP contribution in [0, 0.1) is 6.92 Å². The van der Waals surface area contributed by atoms with E-state index in [4.69, 9.17) is 44.3 Å². The fourth-order valence-electron chi connectivity index (χ4n) is 3.63. The van der Waals surface area contributed by atoms with Crippen molar-refractivity contribution in [2.24, 2.45) is 0 Å². The molecule has 0 unspecified atom stereocenters. The molecule has 37 heavy (non-hydrogen) atoms. The lowest BCUT2D eigenvalue weighted by Crippen LogP contribution is -2.33. The number of para-hydroxylation sites is 2. The lowest BCUT2D eigenvalue weighted by atomic mass is 10.1. The summed E-state index contributed by atoms with van der Waals surface area (Å²) in [4.78, 5) is 17.0. The first-order valence-electron chi connectivity index (χ1n) is 11.2. The Morgan fingerprint density at radius 1 is 1.00 bits per heavy atom. The third-order valence-corrected chi connectivity index (χ3v) is 6.53. The normalized spacial score (nSPS) is 11.2. The number of amides is 1. The standard InChI is InChI=1S/C28H19Cl2N3O3S/c1-16-9-10-17(27-31-21-7-2-3-8-24(21)36-27)15-22(16)32-28(37)33-25(34)14-12-18-11-13-23(35-18)19-5-4-6-20(29)26(19)30/h2-15H,1H3,(H2,32,33,34,37). The Bertz CT molecular complexity index is 1640. The Hall–Kier alpha value is -3.91. The van der Waals surface area contributed by atoms with Gasteiger partial charge in [-0.2, -0.15) is 0 Å². The molecule has 0 spiro atoms. The molecule has 0 aliphatic heterocycles. The summed E-state index contributed by atoms with van der Waals surface area (Å²) in [5.41, 5.74) is 4.60. The Morgan fingerprint density at radius 2 is 1.84 bits per heavy atom. The molecular formula is C28H19Cl2N3O3S. The monoisotopic (exact) mass is 547 g/mol. The molecule has 0 aliphatic carbocycles. The summed E-state index contributed by atoms with van der Waals surface area (Å²) in [5.74, 6) is 1.10. The fraction of sp³-hybridized carbons (Fsp3) is 0.0357. The Kier molecular flexibility index (Phi) is 7.10. The highest BCUT2D eigenvalue weighted by Gasteiger charge is 2.12. The predicted molar refractivity (Wildman–Crippen MR) is 152 cm³/mol. The molecule has 3 aromatic carbocycles. The van der Waals surface area contributed by atoms with E-state index in [2.05, 4.69) is 15.6 Å². The molecule has 5 aromatic rings. The summed E-state index contributed by atoms with van der Waals surface area (Å²) in [7, 11) is 0. The number of hydrogen-bond acceptors (Lipinski definition) is 5. The number of fused-ring (bicyclic) bond motifs is 1. The summed E-state index contributed by atoms with van der Waals surface area (Å²) in [6.45, 7) is 1.93.